The van der Waals surface area contributed by atoms with Gasteiger partial charge in [0.25, 0.3) is 0 Å². The molecular weight excluding hydrogens is 342 g/mol. The molecule has 4 aliphatic carbocycles. The molecule has 4 fully saturated rings. The number of rotatable bonds is 3. The van der Waals surface area contributed by atoms with Crippen LogP contribution in [-0.4, -0.2) is 31.1 Å². The van der Waals surface area contributed by atoms with Gasteiger partial charge in [0.2, 0.25) is 0 Å². The number of benzene rings is 1. The lowest BCUT2D eigenvalue weighted by atomic mass is 9.50. The van der Waals surface area contributed by atoms with Gasteiger partial charge >= 0.3 is 0 Å². The summed E-state index contributed by atoms with van der Waals surface area (Å²) in [5.74, 6) is 4.92. The number of halogens is 1. The molecule has 1 aliphatic heterocycles. The number of hydrogen-bond acceptors (Lipinski definition) is 2. The molecular formula is C23H32ClNO. The molecule has 3 saturated carbocycles. The first-order chi connectivity index (χ1) is 12.3. The van der Waals surface area contributed by atoms with Crippen molar-refractivity contribution in [1.29, 1.82) is 0 Å². The number of hydrogen-bond donors (Lipinski definition) is 0. The molecule has 1 aromatic rings. The second kappa shape index (κ2) is 6.14. The van der Waals surface area contributed by atoms with Crippen LogP contribution in [0.1, 0.15) is 62.0 Å². The smallest absolute Gasteiger partial charge is 0.119 e. The standard InChI is InChI=1S/C23H31NO.ClH/c1-25-18-6-4-17-12-22-23-10-8-16(5-7-21(23)19(17)13-18)20(23)9-11-24(22)14-15-2-3-15;/h4,6,13,15-16,20-22H,2-3,5,7-12,14H2,1H3;1H. The van der Waals surface area contributed by atoms with Gasteiger partial charge in [-0.25, -0.2) is 0 Å². The molecule has 1 saturated heterocycles. The fraction of sp³-hybridized carbons (Fsp3) is 0.739. The SMILES string of the molecule is COc1ccc2c(c1)C1CCC3CCC14C3CCN(CC1CC1)C4C2.Cl. The van der Waals surface area contributed by atoms with E-state index >= 15 is 0 Å². The number of methoxy groups -OCH3 is 1. The molecule has 5 aliphatic rings. The van der Waals surface area contributed by atoms with E-state index in [2.05, 4.69) is 23.1 Å². The highest BCUT2D eigenvalue weighted by molar-refractivity contribution is 5.85. The minimum absolute atomic E-state index is 0. The Morgan fingerprint density at radius 1 is 1.12 bits per heavy atom. The van der Waals surface area contributed by atoms with Crippen LogP contribution in [0.2, 0.25) is 0 Å². The van der Waals surface area contributed by atoms with E-state index in [1.165, 1.54) is 64.5 Å². The molecule has 3 heteroatoms. The third kappa shape index (κ3) is 2.27. The van der Waals surface area contributed by atoms with Crippen LogP contribution in [0.5, 0.6) is 5.75 Å². The minimum Gasteiger partial charge on any atom is -0.497 e. The summed E-state index contributed by atoms with van der Waals surface area (Å²) in [5, 5.41) is 0. The van der Waals surface area contributed by atoms with Crippen molar-refractivity contribution in [2.24, 2.45) is 23.2 Å². The fourth-order valence-corrected chi connectivity index (χ4v) is 7.67. The molecule has 5 unspecified atom stereocenters. The third-order valence-electron chi connectivity index (χ3n) is 8.80. The largest absolute Gasteiger partial charge is 0.497 e. The Morgan fingerprint density at radius 2 is 2.00 bits per heavy atom. The van der Waals surface area contributed by atoms with Crippen LogP contribution >= 0.6 is 12.4 Å². The van der Waals surface area contributed by atoms with Gasteiger partial charge in [0.15, 0.2) is 0 Å². The van der Waals surface area contributed by atoms with Gasteiger partial charge in [0.1, 0.15) is 5.75 Å². The average molecular weight is 374 g/mol. The predicted molar refractivity (Wildman–Crippen MR) is 107 cm³/mol. The quantitative estimate of drug-likeness (QED) is 0.735. The molecule has 0 radical (unpaired) electrons. The van der Waals surface area contributed by atoms with Crippen LogP contribution in [0.25, 0.3) is 0 Å². The minimum atomic E-state index is 0. The van der Waals surface area contributed by atoms with E-state index in [0.29, 0.717) is 5.41 Å². The molecule has 0 amide bonds. The summed E-state index contributed by atoms with van der Waals surface area (Å²) in [6.07, 6.45) is 11.6. The van der Waals surface area contributed by atoms with Gasteiger partial charge in [-0.2, -0.15) is 0 Å². The third-order valence-corrected chi connectivity index (χ3v) is 8.80. The van der Waals surface area contributed by atoms with E-state index in [-0.39, 0.29) is 12.4 Å². The number of piperidine rings is 1. The number of fused-ring (bicyclic) bond motifs is 2. The topological polar surface area (TPSA) is 12.5 Å². The number of ether oxygens (including phenoxy) is 1. The monoisotopic (exact) mass is 373 g/mol. The van der Waals surface area contributed by atoms with Crippen molar-refractivity contribution in [3.05, 3.63) is 29.3 Å². The first-order valence-electron chi connectivity index (χ1n) is 10.7. The highest BCUT2D eigenvalue weighted by Crippen LogP contribution is 2.69. The first kappa shape index (κ1) is 17.4. The summed E-state index contributed by atoms with van der Waals surface area (Å²) in [4.78, 5) is 2.96. The zero-order chi connectivity index (χ0) is 16.6. The molecule has 1 spiro atoms. The van der Waals surface area contributed by atoms with E-state index in [0.717, 1.165) is 35.5 Å². The fourth-order valence-electron chi connectivity index (χ4n) is 7.67. The van der Waals surface area contributed by atoms with Gasteiger partial charge in [-0.15, -0.1) is 12.4 Å². The van der Waals surface area contributed by atoms with Crippen LogP contribution in [0.4, 0.5) is 0 Å². The lowest BCUT2D eigenvalue weighted by Crippen LogP contribution is -2.62. The molecule has 142 valence electrons. The van der Waals surface area contributed by atoms with Gasteiger partial charge in [0, 0.05) is 12.6 Å². The van der Waals surface area contributed by atoms with E-state index in [9.17, 15) is 0 Å². The Hall–Kier alpha value is -0.730. The Balaban J connectivity index is 0.00000150. The molecule has 26 heavy (non-hydrogen) atoms. The van der Waals surface area contributed by atoms with Crippen LogP contribution in [0, 0.1) is 23.2 Å². The average Bonchev–Trinajstić information content (AvgIpc) is 3.42. The molecule has 0 aromatic heterocycles. The maximum Gasteiger partial charge on any atom is 0.119 e. The zero-order valence-electron chi connectivity index (χ0n) is 16.0. The molecule has 2 nitrogen and oxygen atoms in total. The van der Waals surface area contributed by atoms with Crippen molar-refractivity contribution in [3.8, 4) is 5.75 Å². The van der Waals surface area contributed by atoms with Crippen LogP contribution in [0.15, 0.2) is 18.2 Å². The molecule has 0 N–H and O–H groups in total. The van der Waals surface area contributed by atoms with Crippen molar-refractivity contribution >= 4 is 12.4 Å². The van der Waals surface area contributed by atoms with E-state index in [1.54, 1.807) is 11.1 Å². The Bertz CT molecular complexity index is 701. The second-order valence-electron chi connectivity index (χ2n) is 9.66. The molecule has 6 rings (SSSR count). The van der Waals surface area contributed by atoms with E-state index < -0.39 is 0 Å². The van der Waals surface area contributed by atoms with E-state index in [4.69, 9.17) is 4.74 Å². The highest BCUT2D eigenvalue weighted by Gasteiger charge is 2.63. The van der Waals surface area contributed by atoms with Gasteiger partial charge < -0.3 is 4.74 Å². The Kier molecular flexibility index (Phi) is 4.10. The molecule has 1 heterocycles. The molecule has 5 atom stereocenters. The van der Waals surface area contributed by atoms with Crippen molar-refractivity contribution in [3.63, 3.8) is 0 Å². The van der Waals surface area contributed by atoms with Gasteiger partial charge in [-0.3, -0.25) is 4.90 Å². The van der Waals surface area contributed by atoms with Crippen molar-refractivity contribution in [1.82, 2.24) is 4.90 Å². The Morgan fingerprint density at radius 3 is 2.81 bits per heavy atom. The lowest BCUT2D eigenvalue weighted by molar-refractivity contribution is -0.0761. The number of likely N-dealkylation sites (tertiary alicyclic amines) is 1. The lowest BCUT2D eigenvalue weighted by Gasteiger charge is -2.61. The summed E-state index contributed by atoms with van der Waals surface area (Å²) in [6.45, 7) is 2.77. The normalized spacial score (nSPS) is 40.3. The van der Waals surface area contributed by atoms with Gasteiger partial charge in [-0.1, -0.05) is 6.07 Å². The first-order valence-corrected chi connectivity index (χ1v) is 10.7. The van der Waals surface area contributed by atoms with Crippen LogP contribution in [-0.2, 0) is 6.42 Å². The molecule has 2 bridgehead atoms. The molecule has 1 aromatic carbocycles. The highest BCUT2D eigenvalue weighted by atomic mass is 35.5. The second-order valence-corrected chi connectivity index (χ2v) is 9.66. The maximum atomic E-state index is 5.60. The number of nitrogens with zero attached hydrogens (tertiary/aromatic N) is 1. The van der Waals surface area contributed by atoms with Crippen LogP contribution in [0.3, 0.4) is 0 Å². The van der Waals surface area contributed by atoms with Gasteiger partial charge in [0.05, 0.1) is 7.11 Å². The summed E-state index contributed by atoms with van der Waals surface area (Å²) >= 11 is 0. The van der Waals surface area contributed by atoms with Gasteiger partial charge in [-0.05, 0) is 110 Å². The van der Waals surface area contributed by atoms with Crippen molar-refractivity contribution < 1.29 is 4.74 Å². The van der Waals surface area contributed by atoms with E-state index in [1.807, 2.05) is 7.11 Å². The Labute approximate surface area is 164 Å². The summed E-state index contributed by atoms with van der Waals surface area (Å²) in [7, 11) is 1.82. The maximum absolute atomic E-state index is 5.60. The summed E-state index contributed by atoms with van der Waals surface area (Å²) in [5.41, 5.74) is 3.89. The van der Waals surface area contributed by atoms with Crippen molar-refractivity contribution in [2.45, 2.75) is 63.3 Å². The van der Waals surface area contributed by atoms with Crippen molar-refractivity contribution in [2.75, 3.05) is 20.2 Å². The summed E-state index contributed by atoms with van der Waals surface area (Å²) < 4.78 is 5.60. The predicted octanol–water partition coefficient (Wildman–Crippen LogP) is 5.05. The van der Waals surface area contributed by atoms with Crippen LogP contribution < -0.4 is 4.74 Å². The zero-order valence-corrected chi connectivity index (χ0v) is 16.8. The summed E-state index contributed by atoms with van der Waals surface area (Å²) in [6, 6.07) is 7.81.